The maximum absolute atomic E-state index is 6.92. The molecule has 0 saturated heterocycles. The molecule has 1 unspecified atom stereocenters. The zero-order valence-electron chi connectivity index (χ0n) is 28.2. The van der Waals surface area contributed by atoms with Crippen LogP contribution in [-0.2, 0) is 18.4 Å². The summed E-state index contributed by atoms with van der Waals surface area (Å²) in [6.07, 6.45) is 11.1. The van der Waals surface area contributed by atoms with Gasteiger partial charge in [-0.25, -0.2) is 0 Å². The van der Waals surface area contributed by atoms with E-state index in [4.69, 9.17) is 18.3 Å². The van der Waals surface area contributed by atoms with Crippen molar-refractivity contribution in [2.75, 3.05) is 11.9 Å². The number of nitrogens with one attached hydrogen (secondary N) is 2. The fourth-order valence-corrected chi connectivity index (χ4v) is 9.48. The van der Waals surface area contributed by atoms with Crippen molar-refractivity contribution in [1.29, 1.82) is 0 Å². The summed E-state index contributed by atoms with van der Waals surface area (Å²) < 4.78 is 26.4. The first kappa shape index (κ1) is 28.3. The van der Waals surface area contributed by atoms with Crippen LogP contribution in [0.1, 0.15) is 46.6 Å². The summed E-state index contributed by atoms with van der Waals surface area (Å²) in [5.41, 5.74) is 12.6. The molecule has 0 radical (unpaired) electrons. The fraction of sp³-hybridized carbons (Fsp3) is 0.130. The molecule has 0 amide bonds. The molecule has 250 valence electrons. The Morgan fingerprint density at radius 3 is 2.23 bits per heavy atom. The molecule has 6 nitrogen and oxygen atoms in total. The van der Waals surface area contributed by atoms with Gasteiger partial charge in [0, 0.05) is 53.4 Å². The number of para-hydroxylation sites is 1. The van der Waals surface area contributed by atoms with Crippen LogP contribution >= 0.6 is 0 Å². The number of anilines is 1. The van der Waals surface area contributed by atoms with Gasteiger partial charge in [0.2, 0.25) is 0 Å². The van der Waals surface area contributed by atoms with Crippen molar-refractivity contribution in [3.63, 3.8) is 0 Å². The normalized spacial score (nSPS) is 18.8. The second-order valence-corrected chi connectivity index (χ2v) is 14.2. The van der Waals surface area contributed by atoms with Gasteiger partial charge in [0.15, 0.2) is 0 Å². The quantitative estimate of drug-likeness (QED) is 0.190. The highest BCUT2D eigenvalue weighted by Crippen LogP contribution is 2.62. The molecule has 2 N–H and O–H groups in total. The molecule has 1 atom stereocenters. The first-order valence-corrected chi connectivity index (χ1v) is 18.1. The number of hydrogen-bond donors (Lipinski definition) is 2. The molecular weight excluding hydrogens is 645 g/mol. The lowest BCUT2D eigenvalue weighted by atomic mass is 9.60. The summed E-state index contributed by atoms with van der Waals surface area (Å²) in [7, 11) is 0. The summed E-state index contributed by atoms with van der Waals surface area (Å²) in [4.78, 5) is 0. The lowest BCUT2D eigenvalue weighted by Gasteiger charge is -2.46. The van der Waals surface area contributed by atoms with E-state index >= 15 is 0 Å². The minimum atomic E-state index is -0.602. The smallest absolute Gasteiger partial charge is 0.137 e. The average molecular weight is 677 g/mol. The molecule has 5 aromatic carbocycles. The van der Waals surface area contributed by atoms with E-state index in [9.17, 15) is 0 Å². The standard InChI is InChI=1S/C46H32N2O4/c1-3-11-36-31(9-1)46(33-17-15-26(23-41(33)50-36)28-7-5-13-38-43(28)30-25-47-21-19-35(30)49-38)32-10-2-4-12-37(32)51-42-24-27(16-18-34(42)46)29-8-6-14-39-44(29)45-40(52-39)20-22-48-45/h2-8,10-19,21,23-24,47-48H,1,9,20,22,25H2. The SMILES string of the molecule is C1=CC2=C(CC1)C1(c3ccc(-c4cccc5oc6c(c45)CNC=C6)cc3O2)c2ccccc2Oc2cc(-c3cccc4oc5c(c34)NCC5)ccc21. The number of allylic oxidation sites excluding steroid dienone is 3. The summed E-state index contributed by atoms with van der Waals surface area (Å²) in [5, 5.41) is 9.22. The maximum Gasteiger partial charge on any atom is 0.137 e. The monoisotopic (exact) mass is 676 g/mol. The third-order valence-electron chi connectivity index (χ3n) is 11.6. The lowest BCUT2D eigenvalue weighted by molar-refractivity contribution is 0.367. The molecule has 1 spiro atoms. The number of rotatable bonds is 2. The van der Waals surface area contributed by atoms with Crippen LogP contribution in [0, 0.1) is 0 Å². The summed E-state index contributed by atoms with van der Waals surface area (Å²) in [6.45, 7) is 1.62. The van der Waals surface area contributed by atoms with Crippen LogP contribution in [0.25, 0.3) is 50.3 Å². The van der Waals surface area contributed by atoms with Gasteiger partial charge in [-0.15, -0.1) is 0 Å². The summed E-state index contributed by atoms with van der Waals surface area (Å²) >= 11 is 0. The van der Waals surface area contributed by atoms with E-state index in [1.54, 1.807) is 0 Å². The number of fused-ring (bicyclic) bond motifs is 13. The molecular formula is C46H32N2O4. The van der Waals surface area contributed by atoms with Gasteiger partial charge in [0.05, 0.1) is 16.5 Å². The summed E-state index contributed by atoms with van der Waals surface area (Å²) in [5.74, 6) is 5.44. The molecule has 6 heterocycles. The van der Waals surface area contributed by atoms with E-state index in [-0.39, 0.29) is 0 Å². The van der Waals surface area contributed by atoms with Crippen molar-refractivity contribution in [2.45, 2.75) is 31.2 Å². The van der Waals surface area contributed by atoms with Crippen molar-refractivity contribution < 1.29 is 18.3 Å². The minimum absolute atomic E-state index is 0.602. The maximum atomic E-state index is 6.92. The van der Waals surface area contributed by atoms with Crippen LogP contribution in [0.4, 0.5) is 5.69 Å². The van der Waals surface area contributed by atoms with Gasteiger partial charge in [-0.1, -0.05) is 72.8 Å². The highest BCUT2D eigenvalue weighted by molar-refractivity contribution is 6.05. The molecule has 12 rings (SSSR count). The third-order valence-corrected chi connectivity index (χ3v) is 11.6. The Labute approximate surface area is 299 Å². The van der Waals surface area contributed by atoms with Gasteiger partial charge >= 0.3 is 0 Å². The number of hydrogen-bond acceptors (Lipinski definition) is 6. The number of furan rings is 2. The Hall–Kier alpha value is -6.40. The second kappa shape index (κ2) is 10.3. The van der Waals surface area contributed by atoms with Gasteiger partial charge in [-0.3, -0.25) is 0 Å². The van der Waals surface area contributed by atoms with E-state index < -0.39 is 5.41 Å². The van der Waals surface area contributed by atoms with Gasteiger partial charge in [0.25, 0.3) is 0 Å². The molecule has 0 saturated carbocycles. The fourth-order valence-electron chi connectivity index (χ4n) is 9.48. The van der Waals surface area contributed by atoms with Crippen LogP contribution in [0.3, 0.4) is 0 Å². The van der Waals surface area contributed by atoms with E-state index in [0.29, 0.717) is 0 Å². The molecule has 5 aliphatic rings. The van der Waals surface area contributed by atoms with Crippen molar-refractivity contribution in [3.05, 3.63) is 161 Å². The van der Waals surface area contributed by atoms with Crippen LogP contribution in [0.5, 0.6) is 17.2 Å². The van der Waals surface area contributed by atoms with Crippen LogP contribution in [0.2, 0.25) is 0 Å². The van der Waals surface area contributed by atoms with Gasteiger partial charge < -0.3 is 28.9 Å². The average Bonchev–Trinajstić information content (AvgIpc) is 3.91. The van der Waals surface area contributed by atoms with E-state index in [1.807, 2.05) is 12.3 Å². The topological polar surface area (TPSA) is 68.8 Å². The Morgan fingerprint density at radius 2 is 1.38 bits per heavy atom. The zero-order valence-corrected chi connectivity index (χ0v) is 28.2. The van der Waals surface area contributed by atoms with Crippen LogP contribution < -0.4 is 20.1 Å². The Morgan fingerprint density at radius 1 is 0.635 bits per heavy atom. The Kier molecular flexibility index (Phi) is 5.62. The van der Waals surface area contributed by atoms with Crippen molar-refractivity contribution >= 4 is 33.7 Å². The molecule has 6 heteroatoms. The number of benzene rings is 5. The largest absolute Gasteiger partial charge is 0.459 e. The second-order valence-electron chi connectivity index (χ2n) is 14.2. The van der Waals surface area contributed by atoms with Crippen LogP contribution in [0.15, 0.2) is 136 Å². The third kappa shape index (κ3) is 3.68. The summed E-state index contributed by atoms with van der Waals surface area (Å²) in [6, 6.07) is 34.7. The van der Waals surface area contributed by atoms with Gasteiger partial charge in [-0.05, 0) is 83.2 Å². The van der Waals surface area contributed by atoms with Crippen LogP contribution in [-0.4, -0.2) is 6.54 Å². The molecule has 7 aromatic rings. The van der Waals surface area contributed by atoms with Gasteiger partial charge in [-0.2, -0.15) is 0 Å². The predicted octanol–water partition coefficient (Wildman–Crippen LogP) is 11.0. The van der Waals surface area contributed by atoms with Crippen molar-refractivity contribution in [1.82, 2.24) is 5.32 Å². The lowest BCUT2D eigenvalue weighted by Crippen LogP contribution is -2.39. The first-order chi connectivity index (χ1) is 25.8. The first-order valence-electron chi connectivity index (χ1n) is 18.1. The van der Waals surface area contributed by atoms with E-state index in [2.05, 4.69) is 120 Å². The van der Waals surface area contributed by atoms with Gasteiger partial charge in [0.1, 0.15) is 45.7 Å². The van der Waals surface area contributed by atoms with Crippen molar-refractivity contribution in [3.8, 4) is 39.5 Å². The molecule has 0 bridgehead atoms. The predicted molar refractivity (Wildman–Crippen MR) is 204 cm³/mol. The minimum Gasteiger partial charge on any atom is -0.459 e. The zero-order chi connectivity index (χ0) is 34.0. The molecule has 1 aliphatic carbocycles. The van der Waals surface area contributed by atoms with Crippen molar-refractivity contribution in [2.24, 2.45) is 0 Å². The molecule has 0 fully saturated rings. The Bertz CT molecular complexity index is 2800. The Balaban J connectivity index is 1.09. The number of ether oxygens (including phenoxy) is 2. The molecule has 4 aliphatic heterocycles. The molecule has 52 heavy (non-hydrogen) atoms. The van der Waals surface area contributed by atoms with E-state index in [1.165, 1.54) is 11.1 Å². The molecule has 2 aromatic heterocycles. The highest BCUT2D eigenvalue weighted by atomic mass is 16.5. The van der Waals surface area contributed by atoms with E-state index in [0.717, 1.165) is 133 Å². The highest BCUT2D eigenvalue weighted by Gasteiger charge is 2.51.